The first kappa shape index (κ1) is 21.9. The second-order valence-electron chi connectivity index (χ2n) is 8.94. The smallest absolute Gasteiger partial charge is 0.322 e. The summed E-state index contributed by atoms with van der Waals surface area (Å²) in [6, 6.07) is 12.4. The number of rotatable bonds is 7. The topological polar surface area (TPSA) is 59.4 Å². The number of carbonyl (C=O) groups is 1. The maximum atomic E-state index is 13.2. The fourth-order valence-electron chi connectivity index (χ4n) is 3.99. The molecule has 1 heterocycles. The van der Waals surface area contributed by atoms with Gasteiger partial charge < -0.3 is 15.0 Å². The van der Waals surface area contributed by atoms with Crippen LogP contribution in [0.15, 0.2) is 48.8 Å². The Morgan fingerprint density at radius 2 is 1.94 bits per heavy atom. The number of ether oxygens (including phenoxy) is 1. The number of hydrogen-bond acceptors (Lipinski definition) is 3. The van der Waals surface area contributed by atoms with E-state index in [-0.39, 0.29) is 6.03 Å². The maximum Gasteiger partial charge on any atom is 0.322 e. The number of methoxy groups -OCH3 is 1. The Balaban J connectivity index is 1.50. The molecule has 0 bridgehead atoms. The van der Waals surface area contributed by atoms with E-state index in [0.29, 0.717) is 18.5 Å². The molecule has 0 spiro atoms. The molecule has 1 aromatic heterocycles. The summed E-state index contributed by atoms with van der Waals surface area (Å²) in [4.78, 5) is 15.2. The van der Waals surface area contributed by atoms with Crippen molar-refractivity contribution in [2.45, 2.75) is 52.1 Å². The predicted octanol–water partition coefficient (Wildman–Crippen LogP) is 5.72. The van der Waals surface area contributed by atoms with Gasteiger partial charge in [-0.05, 0) is 72.2 Å². The summed E-state index contributed by atoms with van der Waals surface area (Å²) in [6.45, 7) is 7.01. The van der Waals surface area contributed by atoms with Gasteiger partial charge >= 0.3 is 6.03 Å². The van der Waals surface area contributed by atoms with Crippen molar-refractivity contribution >= 4 is 11.7 Å². The normalized spacial score (nSPS) is 13.3. The average Bonchev–Trinajstić information content (AvgIpc) is 3.52. The monoisotopic (exact) mass is 432 g/mol. The molecule has 3 aromatic rings. The van der Waals surface area contributed by atoms with E-state index < -0.39 is 0 Å². The molecule has 1 aliphatic carbocycles. The number of nitrogens with one attached hydrogen (secondary N) is 1. The van der Waals surface area contributed by atoms with Crippen molar-refractivity contribution in [2.75, 3.05) is 12.4 Å². The minimum Gasteiger partial charge on any atom is -0.496 e. The van der Waals surface area contributed by atoms with Crippen molar-refractivity contribution in [3.63, 3.8) is 0 Å². The molecule has 0 radical (unpaired) electrons. The number of urea groups is 1. The molecule has 0 atom stereocenters. The van der Waals surface area contributed by atoms with E-state index >= 15 is 0 Å². The van der Waals surface area contributed by atoms with Gasteiger partial charge in [0.05, 0.1) is 13.3 Å². The quantitative estimate of drug-likeness (QED) is 0.519. The van der Waals surface area contributed by atoms with Crippen molar-refractivity contribution in [1.82, 2.24) is 14.7 Å². The highest BCUT2D eigenvalue weighted by Crippen LogP contribution is 2.33. The molecule has 1 N–H and O–H groups in total. The molecule has 0 aliphatic heterocycles. The fourth-order valence-corrected chi connectivity index (χ4v) is 3.99. The average molecular weight is 433 g/mol. The molecule has 32 heavy (non-hydrogen) atoms. The Morgan fingerprint density at radius 1 is 1.22 bits per heavy atom. The lowest BCUT2D eigenvalue weighted by Crippen LogP contribution is -2.36. The minimum atomic E-state index is -0.0528. The maximum absolute atomic E-state index is 13.2. The van der Waals surface area contributed by atoms with Crippen LogP contribution in [0.1, 0.15) is 49.3 Å². The molecule has 6 heteroatoms. The number of aromatic nitrogens is 2. The first-order valence-electron chi connectivity index (χ1n) is 11.2. The van der Waals surface area contributed by atoms with Gasteiger partial charge in [0, 0.05) is 37.1 Å². The molecule has 6 nitrogen and oxygen atoms in total. The summed E-state index contributed by atoms with van der Waals surface area (Å²) < 4.78 is 7.36. The van der Waals surface area contributed by atoms with E-state index in [9.17, 15) is 4.79 Å². The van der Waals surface area contributed by atoms with E-state index in [1.807, 2.05) is 48.6 Å². The summed E-state index contributed by atoms with van der Waals surface area (Å²) in [7, 11) is 3.61. The summed E-state index contributed by atoms with van der Waals surface area (Å²) in [6.07, 6.45) is 5.93. The number of nitrogens with zero attached hydrogens (tertiary/aromatic N) is 3. The molecule has 168 valence electrons. The second kappa shape index (κ2) is 9.07. The Morgan fingerprint density at radius 3 is 2.50 bits per heavy atom. The Kier molecular flexibility index (Phi) is 6.21. The summed E-state index contributed by atoms with van der Waals surface area (Å²) >= 11 is 0. The van der Waals surface area contributed by atoms with Crippen molar-refractivity contribution in [3.05, 3.63) is 65.5 Å². The van der Waals surface area contributed by atoms with Crippen LogP contribution in [0.5, 0.6) is 5.75 Å². The van der Waals surface area contributed by atoms with Crippen LogP contribution in [0.3, 0.4) is 0 Å². The molecule has 4 rings (SSSR count). The van der Waals surface area contributed by atoms with Gasteiger partial charge in [0.1, 0.15) is 5.75 Å². The molecule has 1 fully saturated rings. The van der Waals surface area contributed by atoms with E-state index in [2.05, 4.69) is 43.3 Å². The van der Waals surface area contributed by atoms with Gasteiger partial charge in [0.25, 0.3) is 0 Å². The number of anilines is 1. The molecular formula is C26H32N4O2. The van der Waals surface area contributed by atoms with Crippen LogP contribution in [0, 0.1) is 6.92 Å². The van der Waals surface area contributed by atoms with Gasteiger partial charge in [-0.1, -0.05) is 26.0 Å². The summed E-state index contributed by atoms with van der Waals surface area (Å²) in [5.74, 6) is 1.27. The van der Waals surface area contributed by atoms with Gasteiger partial charge in [-0.2, -0.15) is 5.10 Å². The second-order valence-corrected chi connectivity index (χ2v) is 8.94. The zero-order valence-electron chi connectivity index (χ0n) is 19.6. The Bertz CT molecular complexity index is 1100. The highest BCUT2D eigenvalue weighted by molar-refractivity contribution is 5.90. The third-order valence-electron chi connectivity index (χ3n) is 6.07. The van der Waals surface area contributed by atoms with Crippen molar-refractivity contribution in [2.24, 2.45) is 7.05 Å². The molecule has 2 aromatic carbocycles. The molecule has 1 saturated carbocycles. The first-order valence-corrected chi connectivity index (χ1v) is 11.2. The highest BCUT2D eigenvalue weighted by Gasteiger charge is 2.33. The number of benzene rings is 2. The SMILES string of the molecule is COc1cc(C)c(CN(C(=O)Nc2ccc(-c3cnn(C)c3)cc2)C2CC2)cc1C(C)C. The van der Waals surface area contributed by atoms with Crippen LogP contribution in [0.25, 0.3) is 11.1 Å². The van der Waals surface area contributed by atoms with E-state index in [4.69, 9.17) is 4.74 Å². The minimum absolute atomic E-state index is 0.0528. The van der Waals surface area contributed by atoms with Crippen molar-refractivity contribution in [3.8, 4) is 16.9 Å². The zero-order chi connectivity index (χ0) is 22.8. The number of aryl methyl sites for hydroxylation is 2. The third-order valence-corrected chi connectivity index (χ3v) is 6.07. The standard InChI is InChI=1S/C26H32N4O2/c1-17(2)24-13-20(18(3)12-25(24)32-5)16-30(23-10-11-23)26(31)28-22-8-6-19(7-9-22)21-14-27-29(4)15-21/h6-9,12-15,17,23H,10-11,16H2,1-5H3,(H,28,31). The van der Waals surface area contributed by atoms with Crippen molar-refractivity contribution < 1.29 is 9.53 Å². The molecule has 1 aliphatic rings. The Hall–Kier alpha value is -3.28. The van der Waals surface area contributed by atoms with Crippen LogP contribution < -0.4 is 10.1 Å². The van der Waals surface area contributed by atoms with Crippen LogP contribution >= 0.6 is 0 Å². The first-order chi connectivity index (χ1) is 15.4. The molecule has 0 unspecified atom stereocenters. The van der Waals surface area contributed by atoms with Gasteiger partial charge in [-0.25, -0.2) is 4.79 Å². The summed E-state index contributed by atoms with van der Waals surface area (Å²) in [5, 5.41) is 7.31. The van der Waals surface area contributed by atoms with Crippen LogP contribution in [0.2, 0.25) is 0 Å². The van der Waals surface area contributed by atoms with Crippen LogP contribution in [-0.2, 0) is 13.6 Å². The largest absolute Gasteiger partial charge is 0.496 e. The van der Waals surface area contributed by atoms with Gasteiger partial charge in [-0.3, -0.25) is 4.68 Å². The molecule has 2 amide bonds. The number of hydrogen-bond donors (Lipinski definition) is 1. The zero-order valence-corrected chi connectivity index (χ0v) is 19.6. The fraction of sp³-hybridized carbons (Fsp3) is 0.385. The number of carbonyl (C=O) groups excluding carboxylic acids is 1. The van der Waals surface area contributed by atoms with E-state index in [1.54, 1.807) is 11.8 Å². The van der Waals surface area contributed by atoms with Crippen LogP contribution in [-0.4, -0.2) is 33.9 Å². The van der Waals surface area contributed by atoms with E-state index in [0.717, 1.165) is 41.0 Å². The lowest BCUT2D eigenvalue weighted by Gasteiger charge is -2.25. The Labute approximate surface area is 190 Å². The number of amides is 2. The van der Waals surface area contributed by atoms with Gasteiger partial charge in [0.2, 0.25) is 0 Å². The summed E-state index contributed by atoms with van der Waals surface area (Å²) in [5.41, 5.74) is 6.41. The van der Waals surface area contributed by atoms with Gasteiger partial charge in [-0.15, -0.1) is 0 Å². The lowest BCUT2D eigenvalue weighted by atomic mass is 9.96. The molecule has 0 saturated heterocycles. The van der Waals surface area contributed by atoms with Crippen molar-refractivity contribution in [1.29, 1.82) is 0 Å². The predicted molar refractivity (Wildman–Crippen MR) is 128 cm³/mol. The highest BCUT2D eigenvalue weighted by atomic mass is 16.5. The van der Waals surface area contributed by atoms with Crippen LogP contribution in [0.4, 0.5) is 10.5 Å². The third kappa shape index (κ3) is 4.79. The van der Waals surface area contributed by atoms with E-state index in [1.165, 1.54) is 11.1 Å². The molecular weight excluding hydrogens is 400 g/mol. The lowest BCUT2D eigenvalue weighted by molar-refractivity contribution is 0.206. The van der Waals surface area contributed by atoms with Gasteiger partial charge in [0.15, 0.2) is 0 Å².